The number of hydrogen-bond donors (Lipinski definition) is 7. The number of unbranched alkanes of at least 4 members (excludes halogenated alkanes) is 1. The number of nitrogens with one attached hydrogen (secondary N) is 3. The van der Waals surface area contributed by atoms with Crippen LogP contribution in [0.2, 0.25) is 0 Å². The summed E-state index contributed by atoms with van der Waals surface area (Å²) in [7, 11) is 1.71. The number of aromatic nitrogens is 2. The number of thiazole rings is 1. The topological polar surface area (TPSA) is 251 Å². The molecular formula is C62H75N9O9S2. The van der Waals surface area contributed by atoms with Crippen LogP contribution in [0.1, 0.15) is 134 Å². The Balaban J connectivity index is 0.804. The Labute approximate surface area is 488 Å². The molecule has 1 aliphatic heterocycles. The second-order valence-corrected chi connectivity index (χ2v) is 25.5. The summed E-state index contributed by atoms with van der Waals surface area (Å²) in [5.41, 5.74) is 12.9. The number of pyridine rings is 1. The summed E-state index contributed by atoms with van der Waals surface area (Å²) in [5, 5.41) is 29.3. The van der Waals surface area contributed by atoms with Crippen molar-refractivity contribution in [3.05, 3.63) is 118 Å². The fourth-order valence-electron chi connectivity index (χ4n) is 15.2. The number of para-hydroxylation sites is 1. The van der Waals surface area contributed by atoms with Gasteiger partial charge in [-0.05, 0) is 171 Å². The third-order valence-electron chi connectivity index (χ3n) is 18.6. The quantitative estimate of drug-likeness (QED) is 0.0173. The molecule has 1 spiro atoms. The lowest BCUT2D eigenvalue weighted by Gasteiger charge is -2.64. The van der Waals surface area contributed by atoms with Crippen molar-refractivity contribution < 1.29 is 43.7 Å². The van der Waals surface area contributed by atoms with Crippen LogP contribution in [0.5, 0.6) is 0 Å². The molecule has 7 N–H and O–H groups in total. The van der Waals surface area contributed by atoms with Crippen LogP contribution in [0.25, 0.3) is 15.8 Å². The zero-order valence-corrected chi connectivity index (χ0v) is 49.1. The zero-order valence-electron chi connectivity index (χ0n) is 47.4. The SMILES string of the molecule is CNC(C)C(=O)Nc1ccc(COC(=O)N(CCS)CCOC23CC4(CN=C(C)C(=CN)c5ccc(N6CCc7cccc(C(=O)Nc8nc9ccccc9s8)c7C6)nc5C(=O)O)CC5(C)CC(C)(C2)C5(C4)C3)c(CCCCC(=O)O)c1. The standard InChI is InChI=1S/C62H75N9O9S2/c1-38(46(28-63)44-19-20-50(68-52(44)55(76)77)71-22-21-40-12-10-13-45(47(40)29-71)54(75)69-56-67-48-14-7-8-15-49(48)82-56)65-37-60-32-58(3)31-59(4)33-61(34-60,36-62(58,59)35-60)80-25-23-70(24-26-81)57(78)79-30-42-17-18-43(66-53(74)39(2)64-5)27-41(42)11-6-9-16-51(72)73/h7-8,10,12-15,17-20,27-28,39,64,81H,6,9,11,16,21-26,29-37,63H2,1-5H3,(H,66,74)(H,72,73)(H,76,77)(H,67,69,75). The molecule has 10 rings (SSSR count). The van der Waals surface area contributed by atoms with Gasteiger partial charge in [-0.15, -0.1) is 0 Å². The molecule has 0 radical (unpaired) electrons. The van der Waals surface area contributed by atoms with Crippen LogP contribution in [-0.4, -0.2) is 118 Å². The van der Waals surface area contributed by atoms with E-state index in [0.717, 1.165) is 71.0 Å². The number of benzene rings is 3. The summed E-state index contributed by atoms with van der Waals surface area (Å²) in [5.74, 6) is -1.60. The second-order valence-electron chi connectivity index (χ2n) is 24.1. The van der Waals surface area contributed by atoms with Gasteiger partial charge >= 0.3 is 18.0 Å². The van der Waals surface area contributed by atoms with Gasteiger partial charge in [0.15, 0.2) is 10.8 Å². The lowest BCUT2D eigenvalue weighted by atomic mass is 9.40. The number of carboxylic acids is 2. The first-order valence-electron chi connectivity index (χ1n) is 28.4. The number of hydrogen-bond acceptors (Lipinski definition) is 15. The molecule has 3 amide bonds. The largest absolute Gasteiger partial charge is 0.481 e. The van der Waals surface area contributed by atoms with Gasteiger partial charge in [-0.25, -0.2) is 19.6 Å². The van der Waals surface area contributed by atoms with Gasteiger partial charge in [0.05, 0.1) is 28.5 Å². The number of aliphatic carboxylic acids is 1. The molecule has 4 saturated carbocycles. The number of carboxylic acid groups (broad SMARTS) is 2. The average Bonchev–Trinajstić information content (AvgIpc) is 1.61. The maximum atomic E-state index is 13.9. The second kappa shape index (κ2) is 23.4. The summed E-state index contributed by atoms with van der Waals surface area (Å²) in [4.78, 5) is 82.9. The number of allylic oxidation sites excluding steroid dienone is 1. The number of carbonyl (C=O) groups excluding carboxylic acids is 3. The third-order valence-corrected chi connectivity index (χ3v) is 19.8. The molecular weight excluding hydrogens is 1080 g/mol. The van der Waals surface area contributed by atoms with Crippen molar-refractivity contribution in [2.24, 2.45) is 32.4 Å². The highest BCUT2D eigenvalue weighted by Crippen LogP contribution is 2.89. The molecule has 18 nitrogen and oxygen atoms in total. The van der Waals surface area contributed by atoms with E-state index in [-0.39, 0.29) is 52.2 Å². The predicted octanol–water partition coefficient (Wildman–Crippen LogP) is 10.0. The van der Waals surface area contributed by atoms with E-state index in [4.69, 9.17) is 25.2 Å². The molecule has 5 aromatic rings. The van der Waals surface area contributed by atoms with Gasteiger partial charge in [0.25, 0.3) is 5.91 Å². The van der Waals surface area contributed by atoms with Crippen molar-refractivity contribution in [3.63, 3.8) is 0 Å². The van der Waals surface area contributed by atoms with Gasteiger partial charge in [-0.1, -0.05) is 55.5 Å². The molecule has 20 heteroatoms. The first kappa shape index (κ1) is 58.3. The molecule has 82 heavy (non-hydrogen) atoms. The molecule has 6 atom stereocenters. The van der Waals surface area contributed by atoms with Gasteiger partial charge in [0, 0.05) is 79.2 Å². The Morgan fingerprint density at radius 2 is 1.72 bits per heavy atom. The van der Waals surface area contributed by atoms with E-state index in [2.05, 4.69) is 47.4 Å². The van der Waals surface area contributed by atoms with Crippen molar-refractivity contribution in [2.45, 2.75) is 123 Å². The summed E-state index contributed by atoms with van der Waals surface area (Å²) < 4.78 is 14.0. The normalized spacial score (nSPS) is 24.6. The lowest BCUT2D eigenvalue weighted by Crippen LogP contribution is -2.57. The molecule has 5 aliphatic rings. The number of aryl methyl sites for hydroxylation is 1. The highest BCUT2D eigenvalue weighted by molar-refractivity contribution is 7.80. The van der Waals surface area contributed by atoms with E-state index < -0.39 is 29.7 Å². The summed E-state index contributed by atoms with van der Waals surface area (Å²) >= 11 is 5.91. The number of ether oxygens (including phenoxy) is 2. The number of rotatable bonds is 24. The number of nitrogens with two attached hydrogens (primary N) is 1. The number of carbonyl (C=O) groups is 5. The molecule has 3 bridgehead atoms. The minimum absolute atomic E-state index is 0.00434. The van der Waals surface area contributed by atoms with E-state index in [1.165, 1.54) is 17.5 Å². The molecule has 3 aromatic carbocycles. The van der Waals surface area contributed by atoms with E-state index in [1.807, 2.05) is 66.4 Å². The minimum Gasteiger partial charge on any atom is -0.481 e. The van der Waals surface area contributed by atoms with Gasteiger partial charge < -0.3 is 45.9 Å². The molecule has 6 unspecified atom stereocenters. The molecule has 0 saturated heterocycles. The first-order chi connectivity index (χ1) is 39.2. The van der Waals surface area contributed by atoms with Crippen molar-refractivity contribution in [2.75, 3.05) is 61.1 Å². The van der Waals surface area contributed by atoms with Crippen molar-refractivity contribution in [1.82, 2.24) is 20.2 Å². The van der Waals surface area contributed by atoms with Crippen LogP contribution in [0.3, 0.4) is 0 Å². The van der Waals surface area contributed by atoms with Gasteiger partial charge in [0.1, 0.15) is 12.4 Å². The Morgan fingerprint density at radius 3 is 2.48 bits per heavy atom. The van der Waals surface area contributed by atoms with Crippen LogP contribution in [0.15, 0.2) is 84.0 Å². The van der Waals surface area contributed by atoms with Crippen molar-refractivity contribution >= 4 is 92.0 Å². The number of anilines is 3. The molecule has 434 valence electrons. The van der Waals surface area contributed by atoms with Crippen LogP contribution in [-0.2, 0) is 45.1 Å². The number of aliphatic imine (C=N–C) groups is 1. The Bertz CT molecular complexity index is 3350. The Kier molecular flexibility index (Phi) is 16.7. The molecule has 4 aliphatic carbocycles. The van der Waals surface area contributed by atoms with Crippen LogP contribution in [0, 0.1) is 21.7 Å². The maximum absolute atomic E-state index is 13.9. The molecule has 2 aromatic heterocycles. The molecule has 4 fully saturated rings. The number of fused-ring (bicyclic) bond motifs is 4. The Morgan fingerprint density at radius 1 is 0.915 bits per heavy atom. The van der Waals surface area contributed by atoms with Crippen LogP contribution in [0.4, 0.5) is 21.4 Å². The number of aromatic carboxylic acids is 1. The Hall–Kier alpha value is -6.87. The van der Waals surface area contributed by atoms with Gasteiger partial charge in [-0.3, -0.25) is 24.7 Å². The molecule has 3 heterocycles. The van der Waals surface area contributed by atoms with Crippen LogP contribution < -0.4 is 26.6 Å². The predicted molar refractivity (Wildman–Crippen MR) is 322 cm³/mol. The van der Waals surface area contributed by atoms with E-state index in [9.17, 15) is 34.2 Å². The maximum Gasteiger partial charge on any atom is 0.410 e. The third kappa shape index (κ3) is 11.3. The summed E-state index contributed by atoms with van der Waals surface area (Å²) in [6.45, 7) is 10.9. The number of amides is 3. The fourth-order valence-corrected chi connectivity index (χ4v) is 16.3. The monoisotopic (exact) mass is 1150 g/mol. The lowest BCUT2D eigenvalue weighted by molar-refractivity contribution is -0.158. The van der Waals surface area contributed by atoms with Crippen LogP contribution >= 0.6 is 24.0 Å². The van der Waals surface area contributed by atoms with Crippen molar-refractivity contribution in [3.8, 4) is 0 Å². The summed E-state index contributed by atoms with van der Waals surface area (Å²) in [6.07, 6.45) is 9.08. The van der Waals surface area contributed by atoms with Gasteiger partial charge in [0.2, 0.25) is 5.91 Å². The van der Waals surface area contributed by atoms with E-state index >= 15 is 0 Å². The minimum atomic E-state index is -1.19. The number of nitrogens with zero attached hydrogens (tertiary/aromatic N) is 5. The zero-order chi connectivity index (χ0) is 58.2. The smallest absolute Gasteiger partial charge is 0.410 e. The van der Waals surface area contributed by atoms with E-state index in [0.29, 0.717) is 110 Å². The first-order valence-corrected chi connectivity index (χ1v) is 29.9. The number of thiol groups is 1. The number of likely N-dealkylation sites (N-methyl/N-ethyl adjacent to an activating group) is 1. The van der Waals surface area contributed by atoms with E-state index in [1.54, 1.807) is 37.1 Å². The highest BCUT2D eigenvalue weighted by Gasteiger charge is 2.84. The summed E-state index contributed by atoms with van der Waals surface area (Å²) in [6, 6.07) is 22.1. The van der Waals surface area contributed by atoms with Gasteiger partial charge in [-0.2, -0.15) is 12.6 Å². The van der Waals surface area contributed by atoms with Crippen molar-refractivity contribution in [1.29, 1.82) is 0 Å². The highest BCUT2D eigenvalue weighted by atomic mass is 32.1. The fraction of sp³-hybridized carbons (Fsp3) is 0.484. The average molecular weight is 1150 g/mol.